The van der Waals surface area contributed by atoms with Gasteiger partial charge in [-0.2, -0.15) is 0 Å². The number of aliphatic carboxylic acids is 1. The number of carbonyl (C=O) groups is 2. The van der Waals surface area contributed by atoms with Gasteiger partial charge in [-0.15, -0.1) is 11.6 Å². The molecule has 0 aliphatic carbocycles. The molecule has 6 nitrogen and oxygen atoms in total. The molecule has 0 aromatic heterocycles. The van der Waals surface area contributed by atoms with Gasteiger partial charge in [0.05, 0.1) is 6.61 Å². The lowest BCUT2D eigenvalue weighted by atomic mass is 10.2. The molecule has 0 bridgehead atoms. The van der Waals surface area contributed by atoms with Gasteiger partial charge in [0.1, 0.15) is 11.9 Å². The predicted molar refractivity (Wildman–Crippen MR) is 54.8 cm³/mol. The van der Waals surface area contributed by atoms with E-state index in [-0.39, 0.29) is 24.8 Å². The van der Waals surface area contributed by atoms with E-state index in [0.717, 1.165) is 0 Å². The van der Waals surface area contributed by atoms with Crippen LogP contribution < -0.4 is 11.1 Å². The number of nitrogens with one attached hydrogen (secondary N) is 1. The first kappa shape index (κ1) is 14.2. The van der Waals surface area contributed by atoms with Crippen LogP contribution in [0.25, 0.3) is 0 Å². The maximum Gasteiger partial charge on any atom is 0.320 e. The lowest BCUT2D eigenvalue weighted by Crippen LogP contribution is -2.32. The zero-order chi connectivity index (χ0) is 11.7. The number of alkyl halides is 1. The summed E-state index contributed by atoms with van der Waals surface area (Å²) < 4.78 is 5.05. The third kappa shape index (κ3) is 8.17. The zero-order valence-corrected chi connectivity index (χ0v) is 9.00. The highest BCUT2D eigenvalue weighted by Crippen LogP contribution is 1.89. The van der Waals surface area contributed by atoms with Gasteiger partial charge >= 0.3 is 5.97 Å². The number of amides is 1. The number of carbonyl (C=O) groups excluding carboxylic acids is 1. The molecule has 7 heteroatoms. The molecule has 1 amide bonds. The lowest BCUT2D eigenvalue weighted by Gasteiger charge is -2.07. The van der Waals surface area contributed by atoms with Crippen LogP contribution in [-0.2, 0) is 14.3 Å². The highest BCUT2D eigenvalue weighted by atomic mass is 35.5. The Kier molecular flexibility index (Phi) is 7.98. The number of rotatable bonds is 8. The SMILES string of the molecule is N[C@@H](CCOCCNC(=O)CCl)C(=O)O. The van der Waals surface area contributed by atoms with Crippen molar-refractivity contribution in [2.75, 3.05) is 25.6 Å². The summed E-state index contributed by atoms with van der Waals surface area (Å²) in [5.41, 5.74) is 5.23. The molecule has 1 atom stereocenters. The molecule has 0 aliphatic rings. The Morgan fingerprint density at radius 1 is 1.47 bits per heavy atom. The van der Waals surface area contributed by atoms with E-state index >= 15 is 0 Å². The Hall–Kier alpha value is -0.850. The van der Waals surface area contributed by atoms with E-state index in [9.17, 15) is 9.59 Å². The van der Waals surface area contributed by atoms with Crippen LogP contribution in [0.3, 0.4) is 0 Å². The summed E-state index contributed by atoms with van der Waals surface area (Å²) in [4.78, 5) is 20.9. The van der Waals surface area contributed by atoms with Crippen molar-refractivity contribution >= 4 is 23.5 Å². The third-order valence-electron chi connectivity index (χ3n) is 1.58. The van der Waals surface area contributed by atoms with E-state index in [2.05, 4.69) is 5.32 Å². The maximum atomic E-state index is 10.6. The van der Waals surface area contributed by atoms with Crippen molar-refractivity contribution in [3.05, 3.63) is 0 Å². The molecule has 0 saturated carbocycles. The predicted octanol–water partition coefficient (Wildman–Crippen LogP) is -0.840. The number of hydrogen-bond donors (Lipinski definition) is 3. The number of nitrogens with two attached hydrogens (primary N) is 1. The molecule has 0 saturated heterocycles. The molecule has 0 rings (SSSR count). The van der Waals surface area contributed by atoms with Gasteiger partial charge in [-0.05, 0) is 6.42 Å². The normalized spacial score (nSPS) is 12.1. The molecule has 0 heterocycles. The Balaban J connectivity index is 3.25. The van der Waals surface area contributed by atoms with Crippen LogP contribution in [0.2, 0.25) is 0 Å². The minimum atomic E-state index is -1.05. The lowest BCUT2D eigenvalue weighted by molar-refractivity contribution is -0.139. The number of carboxylic acid groups (broad SMARTS) is 1. The molecule has 15 heavy (non-hydrogen) atoms. The van der Waals surface area contributed by atoms with Crippen molar-refractivity contribution in [1.29, 1.82) is 0 Å². The van der Waals surface area contributed by atoms with Crippen LogP contribution in [0.1, 0.15) is 6.42 Å². The van der Waals surface area contributed by atoms with Crippen molar-refractivity contribution in [3.63, 3.8) is 0 Å². The standard InChI is InChI=1S/C8H15ClN2O4/c9-5-7(12)11-2-4-15-3-1-6(10)8(13)14/h6H,1-5,10H2,(H,11,12)(H,13,14)/t6-/m0/s1. The highest BCUT2D eigenvalue weighted by Gasteiger charge is 2.10. The number of halogens is 1. The van der Waals surface area contributed by atoms with Crippen LogP contribution in [0.15, 0.2) is 0 Å². The quantitative estimate of drug-likeness (QED) is 0.378. The third-order valence-corrected chi connectivity index (χ3v) is 1.82. The summed E-state index contributed by atoms with van der Waals surface area (Å²) >= 11 is 5.23. The summed E-state index contributed by atoms with van der Waals surface area (Å²) in [6, 6.07) is -0.901. The van der Waals surface area contributed by atoms with Gasteiger partial charge in [0.25, 0.3) is 0 Å². The first-order valence-electron chi connectivity index (χ1n) is 4.46. The molecule has 4 N–H and O–H groups in total. The van der Waals surface area contributed by atoms with E-state index < -0.39 is 12.0 Å². The fourth-order valence-electron chi connectivity index (χ4n) is 0.746. The van der Waals surface area contributed by atoms with Crippen LogP contribution in [0.5, 0.6) is 0 Å². The average molecular weight is 239 g/mol. The molecule has 0 aromatic rings. The summed E-state index contributed by atoms with van der Waals surface area (Å²) in [6.45, 7) is 0.924. The fraction of sp³-hybridized carbons (Fsp3) is 0.750. The van der Waals surface area contributed by atoms with Crippen molar-refractivity contribution in [3.8, 4) is 0 Å². The number of ether oxygens (including phenoxy) is 1. The highest BCUT2D eigenvalue weighted by molar-refractivity contribution is 6.27. The second-order valence-corrected chi connectivity index (χ2v) is 3.10. The van der Waals surface area contributed by atoms with Crippen LogP contribution >= 0.6 is 11.6 Å². The molecular weight excluding hydrogens is 224 g/mol. The summed E-state index contributed by atoms with van der Waals surface area (Å²) in [7, 11) is 0. The van der Waals surface area contributed by atoms with Crippen LogP contribution in [0.4, 0.5) is 0 Å². The first-order valence-corrected chi connectivity index (χ1v) is 5.00. The zero-order valence-electron chi connectivity index (χ0n) is 8.24. The fourth-order valence-corrected chi connectivity index (χ4v) is 0.840. The molecule has 0 aromatic carbocycles. The Morgan fingerprint density at radius 2 is 2.13 bits per heavy atom. The van der Waals surface area contributed by atoms with Gasteiger partial charge in [-0.3, -0.25) is 9.59 Å². The summed E-state index contributed by atoms with van der Waals surface area (Å²) in [5, 5.41) is 10.9. The largest absolute Gasteiger partial charge is 0.480 e. The average Bonchev–Trinajstić information content (AvgIpc) is 2.22. The summed E-state index contributed by atoms with van der Waals surface area (Å²) in [6.07, 6.45) is 0.249. The molecule has 0 unspecified atom stereocenters. The van der Waals surface area contributed by atoms with Crippen molar-refractivity contribution in [1.82, 2.24) is 5.32 Å². The summed E-state index contributed by atoms with van der Waals surface area (Å²) in [5.74, 6) is -1.39. The van der Waals surface area contributed by atoms with E-state index in [1.807, 2.05) is 0 Å². The number of carboxylic acids is 1. The van der Waals surface area contributed by atoms with E-state index in [4.69, 9.17) is 27.2 Å². The van der Waals surface area contributed by atoms with Crippen molar-refractivity contribution < 1.29 is 19.4 Å². The van der Waals surface area contributed by atoms with Crippen LogP contribution in [0, 0.1) is 0 Å². The van der Waals surface area contributed by atoms with E-state index in [1.165, 1.54) is 0 Å². The van der Waals surface area contributed by atoms with Gasteiger partial charge in [0.2, 0.25) is 5.91 Å². The molecular formula is C8H15ClN2O4. The molecule has 0 spiro atoms. The van der Waals surface area contributed by atoms with Crippen molar-refractivity contribution in [2.45, 2.75) is 12.5 Å². The Bertz CT molecular complexity index is 213. The Morgan fingerprint density at radius 3 is 2.67 bits per heavy atom. The Labute approximate surface area is 92.7 Å². The molecule has 88 valence electrons. The number of hydrogen-bond acceptors (Lipinski definition) is 4. The topological polar surface area (TPSA) is 102 Å². The van der Waals surface area contributed by atoms with Gasteiger partial charge in [-0.1, -0.05) is 0 Å². The minimum Gasteiger partial charge on any atom is -0.480 e. The minimum absolute atomic E-state index is 0.0795. The monoisotopic (exact) mass is 238 g/mol. The first-order chi connectivity index (χ1) is 7.07. The van der Waals surface area contributed by atoms with Gasteiger partial charge in [-0.25, -0.2) is 0 Å². The second kappa shape index (κ2) is 8.46. The molecule has 0 aliphatic heterocycles. The van der Waals surface area contributed by atoms with Crippen LogP contribution in [-0.4, -0.2) is 48.7 Å². The maximum absolute atomic E-state index is 10.6. The van der Waals surface area contributed by atoms with Crippen molar-refractivity contribution in [2.24, 2.45) is 5.73 Å². The molecule has 0 radical (unpaired) electrons. The van der Waals surface area contributed by atoms with Gasteiger partial charge < -0.3 is 20.9 Å². The van der Waals surface area contributed by atoms with E-state index in [0.29, 0.717) is 13.2 Å². The smallest absolute Gasteiger partial charge is 0.320 e. The molecule has 0 fully saturated rings. The van der Waals surface area contributed by atoms with Gasteiger partial charge in [0.15, 0.2) is 0 Å². The van der Waals surface area contributed by atoms with E-state index in [1.54, 1.807) is 0 Å². The van der Waals surface area contributed by atoms with Gasteiger partial charge in [0, 0.05) is 13.2 Å². The second-order valence-electron chi connectivity index (χ2n) is 2.83.